The molecule has 5 nitrogen and oxygen atoms in total. The Morgan fingerprint density at radius 3 is 2.19 bits per heavy atom. The second kappa shape index (κ2) is 7.78. The van der Waals surface area contributed by atoms with Gasteiger partial charge in [-0.2, -0.15) is 0 Å². The molecule has 2 amide bonds. The van der Waals surface area contributed by atoms with Crippen molar-refractivity contribution in [2.24, 2.45) is 0 Å². The third kappa shape index (κ3) is 5.19. The van der Waals surface area contributed by atoms with E-state index in [1.165, 1.54) is 10.5 Å². The molecule has 0 radical (unpaired) electrons. The molecule has 5 heteroatoms. The predicted molar refractivity (Wildman–Crippen MR) is 85.2 cm³/mol. The number of carbonyl (C=O) groups is 2. The highest BCUT2D eigenvalue weighted by Crippen LogP contribution is 2.11. The molecule has 0 aliphatic carbocycles. The molecule has 1 N–H and O–H groups in total. The van der Waals surface area contributed by atoms with Gasteiger partial charge in [-0.05, 0) is 38.1 Å². The number of hydrogen-bond donors (Lipinski definition) is 1. The summed E-state index contributed by atoms with van der Waals surface area (Å²) in [5, 5.41) is 2.87. The molecule has 1 atom stereocenters. The van der Waals surface area contributed by atoms with Crippen LogP contribution in [0.15, 0.2) is 24.3 Å². The van der Waals surface area contributed by atoms with Gasteiger partial charge in [0.1, 0.15) is 0 Å². The third-order valence-corrected chi connectivity index (χ3v) is 3.55. The fourth-order valence-electron chi connectivity index (χ4n) is 1.76. The second-order valence-electron chi connectivity index (χ2n) is 5.42. The summed E-state index contributed by atoms with van der Waals surface area (Å²) < 4.78 is 0. The zero-order valence-corrected chi connectivity index (χ0v) is 13.5. The first-order valence-electron chi connectivity index (χ1n) is 7.15. The highest BCUT2D eigenvalue weighted by molar-refractivity contribution is 5.94. The third-order valence-electron chi connectivity index (χ3n) is 3.55. The molecule has 0 aromatic heterocycles. The molecule has 0 aliphatic heterocycles. The highest BCUT2D eigenvalue weighted by atomic mass is 16.2. The lowest BCUT2D eigenvalue weighted by atomic mass is 10.1. The number of likely N-dealkylation sites (N-methyl/N-ethyl adjacent to an activating group) is 2. The lowest BCUT2D eigenvalue weighted by Crippen LogP contribution is -2.44. The van der Waals surface area contributed by atoms with Crippen LogP contribution in [-0.4, -0.2) is 55.3 Å². The van der Waals surface area contributed by atoms with Gasteiger partial charge >= 0.3 is 0 Å². The number of benzene rings is 1. The Balaban J connectivity index is 2.58. The molecule has 1 aromatic rings. The number of amides is 2. The summed E-state index contributed by atoms with van der Waals surface area (Å²) in [7, 11) is 5.18. The summed E-state index contributed by atoms with van der Waals surface area (Å²) in [5.41, 5.74) is 2.01. The molecule has 0 aliphatic rings. The molecule has 1 aromatic carbocycles. The van der Waals surface area contributed by atoms with Crippen LogP contribution in [0.4, 0.5) is 5.69 Å². The smallest absolute Gasteiger partial charge is 0.241 e. The number of anilines is 1. The maximum absolute atomic E-state index is 12.2. The fraction of sp³-hybridized carbons (Fsp3) is 0.500. The molecule has 0 heterocycles. The van der Waals surface area contributed by atoms with E-state index in [9.17, 15) is 9.59 Å². The van der Waals surface area contributed by atoms with E-state index in [0.717, 1.165) is 12.1 Å². The van der Waals surface area contributed by atoms with E-state index < -0.39 is 0 Å². The zero-order chi connectivity index (χ0) is 16.0. The van der Waals surface area contributed by atoms with Gasteiger partial charge in [-0.15, -0.1) is 0 Å². The molecule has 0 saturated carbocycles. The van der Waals surface area contributed by atoms with Crippen LogP contribution in [0.2, 0.25) is 0 Å². The lowest BCUT2D eigenvalue weighted by molar-refractivity contribution is -0.131. The van der Waals surface area contributed by atoms with Gasteiger partial charge in [-0.3, -0.25) is 14.5 Å². The van der Waals surface area contributed by atoms with Crippen LogP contribution >= 0.6 is 0 Å². The lowest BCUT2D eigenvalue weighted by Gasteiger charge is -2.24. The molecule has 0 fully saturated rings. The van der Waals surface area contributed by atoms with E-state index in [0.29, 0.717) is 0 Å². The normalized spacial score (nSPS) is 12.1. The average Bonchev–Trinajstić information content (AvgIpc) is 2.46. The molecular formula is C16H25N3O2. The summed E-state index contributed by atoms with van der Waals surface area (Å²) in [5.74, 6) is -0.141. The van der Waals surface area contributed by atoms with Crippen molar-refractivity contribution >= 4 is 17.5 Å². The van der Waals surface area contributed by atoms with Gasteiger partial charge in [-0.1, -0.05) is 19.1 Å². The summed E-state index contributed by atoms with van der Waals surface area (Å²) in [6, 6.07) is 7.42. The number of aryl methyl sites for hydroxylation is 1. The van der Waals surface area contributed by atoms with E-state index in [4.69, 9.17) is 0 Å². The zero-order valence-electron chi connectivity index (χ0n) is 13.5. The van der Waals surface area contributed by atoms with Crippen molar-refractivity contribution < 1.29 is 9.59 Å². The van der Waals surface area contributed by atoms with Crippen molar-refractivity contribution in [1.29, 1.82) is 0 Å². The number of nitrogens with zero attached hydrogens (tertiary/aromatic N) is 2. The fourth-order valence-corrected chi connectivity index (χ4v) is 1.76. The van der Waals surface area contributed by atoms with Gasteiger partial charge in [0, 0.05) is 19.8 Å². The van der Waals surface area contributed by atoms with Crippen molar-refractivity contribution in [3.05, 3.63) is 29.8 Å². The number of carbonyl (C=O) groups excluding carboxylic acids is 2. The average molecular weight is 291 g/mol. The van der Waals surface area contributed by atoms with E-state index >= 15 is 0 Å². The van der Waals surface area contributed by atoms with Crippen LogP contribution in [0.3, 0.4) is 0 Å². The first-order valence-corrected chi connectivity index (χ1v) is 7.15. The predicted octanol–water partition coefficient (Wildman–Crippen LogP) is 1.60. The first-order chi connectivity index (χ1) is 9.85. The van der Waals surface area contributed by atoms with Gasteiger partial charge in [0.15, 0.2) is 0 Å². The monoisotopic (exact) mass is 291 g/mol. The Hall–Kier alpha value is -1.88. The molecule has 0 spiro atoms. The van der Waals surface area contributed by atoms with Crippen molar-refractivity contribution in [3.63, 3.8) is 0 Å². The van der Waals surface area contributed by atoms with E-state index in [1.807, 2.05) is 24.3 Å². The summed E-state index contributed by atoms with van der Waals surface area (Å²) in [4.78, 5) is 27.1. The Morgan fingerprint density at radius 2 is 1.71 bits per heavy atom. The minimum Gasteiger partial charge on any atom is -0.348 e. The quantitative estimate of drug-likeness (QED) is 0.866. The minimum atomic E-state index is -0.375. The summed E-state index contributed by atoms with van der Waals surface area (Å²) in [6.07, 6.45) is 0.972. The van der Waals surface area contributed by atoms with Crippen LogP contribution < -0.4 is 5.32 Å². The van der Waals surface area contributed by atoms with Crippen molar-refractivity contribution in [3.8, 4) is 0 Å². The van der Waals surface area contributed by atoms with Gasteiger partial charge in [-0.25, -0.2) is 0 Å². The topological polar surface area (TPSA) is 52.7 Å². The Bertz CT molecular complexity index is 483. The minimum absolute atomic E-state index is 0.0237. The molecule has 116 valence electrons. The van der Waals surface area contributed by atoms with Crippen molar-refractivity contribution in [1.82, 2.24) is 9.80 Å². The van der Waals surface area contributed by atoms with Gasteiger partial charge in [0.2, 0.25) is 11.8 Å². The molecule has 0 saturated heterocycles. The first kappa shape index (κ1) is 17.2. The van der Waals surface area contributed by atoms with E-state index in [2.05, 4.69) is 12.2 Å². The van der Waals surface area contributed by atoms with Crippen LogP contribution in [0, 0.1) is 0 Å². The highest BCUT2D eigenvalue weighted by Gasteiger charge is 2.20. The number of rotatable bonds is 6. The maximum atomic E-state index is 12.2. The van der Waals surface area contributed by atoms with Crippen LogP contribution in [0.25, 0.3) is 0 Å². The van der Waals surface area contributed by atoms with Gasteiger partial charge in [0.25, 0.3) is 0 Å². The largest absolute Gasteiger partial charge is 0.348 e. The maximum Gasteiger partial charge on any atom is 0.241 e. The Labute approximate surface area is 126 Å². The van der Waals surface area contributed by atoms with Gasteiger partial charge < -0.3 is 10.2 Å². The summed E-state index contributed by atoms with van der Waals surface area (Å²) in [6.45, 7) is 4.10. The molecule has 1 rings (SSSR count). The molecule has 21 heavy (non-hydrogen) atoms. The van der Waals surface area contributed by atoms with E-state index in [1.54, 1.807) is 33.0 Å². The molecule has 1 unspecified atom stereocenters. The standard InChI is InChI=1S/C16H25N3O2/c1-6-13-7-9-14(10-8-13)17-16(21)12(2)19(5)11-15(20)18(3)4/h7-10,12H,6,11H2,1-5H3,(H,17,21). The van der Waals surface area contributed by atoms with Crippen LogP contribution in [-0.2, 0) is 16.0 Å². The SMILES string of the molecule is CCc1ccc(NC(=O)C(C)N(C)CC(=O)N(C)C)cc1. The van der Waals surface area contributed by atoms with Gasteiger partial charge in [0.05, 0.1) is 12.6 Å². The van der Waals surface area contributed by atoms with Crippen LogP contribution in [0.5, 0.6) is 0 Å². The summed E-state index contributed by atoms with van der Waals surface area (Å²) >= 11 is 0. The van der Waals surface area contributed by atoms with Crippen LogP contribution in [0.1, 0.15) is 19.4 Å². The Kier molecular flexibility index (Phi) is 6.37. The molecular weight excluding hydrogens is 266 g/mol. The Morgan fingerprint density at radius 1 is 1.14 bits per heavy atom. The van der Waals surface area contributed by atoms with Crippen molar-refractivity contribution in [2.75, 3.05) is 33.0 Å². The van der Waals surface area contributed by atoms with Crippen molar-refractivity contribution in [2.45, 2.75) is 26.3 Å². The number of hydrogen-bond acceptors (Lipinski definition) is 3. The molecule has 0 bridgehead atoms. The van der Waals surface area contributed by atoms with E-state index in [-0.39, 0.29) is 24.4 Å². The second-order valence-corrected chi connectivity index (χ2v) is 5.42. The number of nitrogens with one attached hydrogen (secondary N) is 1.